The van der Waals surface area contributed by atoms with Gasteiger partial charge in [0.2, 0.25) is 0 Å². The maximum absolute atomic E-state index is 5.35. The van der Waals surface area contributed by atoms with Crippen LogP contribution in [0.2, 0.25) is 0 Å². The number of hydrogen-bond acceptors (Lipinski definition) is 1. The number of aromatic nitrogens is 1. The molecule has 11 aromatic carbocycles. The third-order valence-electron chi connectivity index (χ3n) is 15.3. The van der Waals surface area contributed by atoms with Gasteiger partial charge in [0.05, 0.1) is 16.8 Å². The van der Waals surface area contributed by atoms with Gasteiger partial charge < -0.3 is 0 Å². The van der Waals surface area contributed by atoms with Crippen molar-refractivity contribution >= 4 is 0 Å². The number of fused-ring (bicyclic) bond motifs is 10. The highest BCUT2D eigenvalue weighted by Crippen LogP contribution is 2.63. The molecule has 1 heterocycles. The first kappa shape index (κ1) is 42.4. The van der Waals surface area contributed by atoms with E-state index in [-0.39, 0.29) is 0 Å². The van der Waals surface area contributed by atoms with Gasteiger partial charge in [-0.1, -0.05) is 249 Å². The SMILES string of the molecule is c1ccc(-c2ccc(-c3cc(-c4ccccc4)nc(-c4cccc(-c5cccc(-c6cc7c(cc6-c6ccc(-c8ccccc8)cc6)-c6ccccc6C76c7ccccc7-c7ccccc76)c5)c4)c3)cc2)cc1. The molecule has 0 aliphatic heterocycles. The summed E-state index contributed by atoms with van der Waals surface area (Å²) in [6, 6.07) is 105. The third-order valence-corrected chi connectivity index (χ3v) is 15.3. The Balaban J connectivity index is 0.919. The minimum atomic E-state index is -0.459. The van der Waals surface area contributed by atoms with Crippen molar-refractivity contribution in [1.82, 2.24) is 4.98 Å². The molecule has 1 spiro atoms. The van der Waals surface area contributed by atoms with Crippen molar-refractivity contribution in [1.29, 1.82) is 0 Å². The second-order valence-electron chi connectivity index (χ2n) is 19.4. The number of hydrogen-bond donors (Lipinski definition) is 0. The summed E-state index contributed by atoms with van der Waals surface area (Å²) in [5.41, 5.74) is 28.3. The average Bonchev–Trinajstić information content (AvgIpc) is 3.94. The van der Waals surface area contributed by atoms with E-state index in [9.17, 15) is 0 Å². The zero-order valence-electron chi connectivity index (χ0n) is 40.1. The maximum atomic E-state index is 5.35. The highest BCUT2D eigenvalue weighted by Gasteiger charge is 2.51. The summed E-state index contributed by atoms with van der Waals surface area (Å²) < 4.78 is 0. The zero-order valence-corrected chi connectivity index (χ0v) is 40.1. The first-order valence-corrected chi connectivity index (χ1v) is 25.3. The molecular weight excluding hydrogens is 879 g/mol. The van der Waals surface area contributed by atoms with Crippen LogP contribution in [-0.4, -0.2) is 4.98 Å². The van der Waals surface area contributed by atoms with E-state index in [1.807, 2.05) is 0 Å². The molecule has 0 radical (unpaired) electrons. The van der Waals surface area contributed by atoms with Crippen LogP contribution in [0.15, 0.2) is 285 Å². The van der Waals surface area contributed by atoms with Crippen molar-refractivity contribution in [3.05, 3.63) is 307 Å². The second-order valence-corrected chi connectivity index (χ2v) is 19.4. The van der Waals surface area contributed by atoms with Crippen molar-refractivity contribution in [2.24, 2.45) is 0 Å². The first-order valence-electron chi connectivity index (χ1n) is 25.3. The molecule has 1 heteroatoms. The van der Waals surface area contributed by atoms with Crippen LogP contribution in [0, 0.1) is 0 Å². The first-order chi connectivity index (χ1) is 36.2. The van der Waals surface area contributed by atoms with Crippen LogP contribution in [0.1, 0.15) is 22.3 Å². The Labute approximate surface area is 427 Å². The fourth-order valence-corrected chi connectivity index (χ4v) is 11.9. The average molecular weight is 926 g/mol. The molecule has 0 unspecified atom stereocenters. The fourth-order valence-electron chi connectivity index (χ4n) is 11.9. The molecule has 2 aliphatic carbocycles. The molecule has 0 amide bonds. The van der Waals surface area contributed by atoms with E-state index in [0.717, 1.165) is 44.8 Å². The lowest BCUT2D eigenvalue weighted by molar-refractivity contribution is 0.794. The van der Waals surface area contributed by atoms with Crippen LogP contribution in [-0.2, 0) is 5.41 Å². The summed E-state index contributed by atoms with van der Waals surface area (Å²) in [4.78, 5) is 5.35. The Bertz CT molecular complexity index is 3990. The van der Waals surface area contributed by atoms with Crippen molar-refractivity contribution in [3.8, 4) is 112 Å². The van der Waals surface area contributed by atoms with Crippen LogP contribution >= 0.6 is 0 Å². The summed E-state index contributed by atoms with van der Waals surface area (Å²) >= 11 is 0. The predicted molar refractivity (Wildman–Crippen MR) is 304 cm³/mol. The molecule has 0 N–H and O–H groups in total. The van der Waals surface area contributed by atoms with Crippen LogP contribution in [0.25, 0.3) is 112 Å². The summed E-state index contributed by atoms with van der Waals surface area (Å²) in [6.45, 7) is 0. The van der Waals surface area contributed by atoms with Gasteiger partial charge in [-0.25, -0.2) is 4.98 Å². The fraction of sp³-hybridized carbons (Fsp3) is 0.0139. The van der Waals surface area contributed by atoms with E-state index in [4.69, 9.17) is 4.98 Å². The molecule has 1 aromatic heterocycles. The molecule has 2 aliphatic rings. The minimum absolute atomic E-state index is 0.459. The normalized spacial score (nSPS) is 12.5. The number of rotatable bonds is 8. The molecule has 1 nitrogen and oxygen atoms in total. The Hall–Kier alpha value is -9.43. The molecule has 12 aromatic rings. The van der Waals surface area contributed by atoms with Crippen LogP contribution in [0.4, 0.5) is 0 Å². The molecular formula is C72H47N. The zero-order chi connectivity index (χ0) is 48.3. The van der Waals surface area contributed by atoms with E-state index < -0.39 is 5.41 Å². The Morgan fingerprint density at radius 1 is 0.178 bits per heavy atom. The van der Waals surface area contributed by atoms with Gasteiger partial charge in [-0.05, 0) is 148 Å². The predicted octanol–water partition coefficient (Wildman–Crippen LogP) is 18.8. The number of benzene rings is 11. The van der Waals surface area contributed by atoms with Gasteiger partial charge in [0.15, 0.2) is 0 Å². The van der Waals surface area contributed by atoms with Crippen molar-refractivity contribution in [2.45, 2.75) is 5.41 Å². The van der Waals surface area contributed by atoms with Crippen molar-refractivity contribution in [3.63, 3.8) is 0 Å². The lowest BCUT2D eigenvalue weighted by atomic mass is 9.70. The van der Waals surface area contributed by atoms with E-state index >= 15 is 0 Å². The van der Waals surface area contributed by atoms with Gasteiger partial charge in [0.1, 0.15) is 0 Å². The lowest BCUT2D eigenvalue weighted by Crippen LogP contribution is -2.25. The molecule has 0 bridgehead atoms. The molecule has 0 saturated carbocycles. The van der Waals surface area contributed by atoms with Gasteiger partial charge in [0.25, 0.3) is 0 Å². The van der Waals surface area contributed by atoms with E-state index in [0.29, 0.717) is 0 Å². The summed E-state index contributed by atoms with van der Waals surface area (Å²) in [5.74, 6) is 0. The molecule has 73 heavy (non-hydrogen) atoms. The summed E-state index contributed by atoms with van der Waals surface area (Å²) in [7, 11) is 0. The van der Waals surface area contributed by atoms with Gasteiger partial charge in [0, 0.05) is 11.1 Å². The van der Waals surface area contributed by atoms with Gasteiger partial charge in [-0.2, -0.15) is 0 Å². The topological polar surface area (TPSA) is 12.9 Å². The van der Waals surface area contributed by atoms with Gasteiger partial charge >= 0.3 is 0 Å². The van der Waals surface area contributed by atoms with Crippen LogP contribution in [0.3, 0.4) is 0 Å². The van der Waals surface area contributed by atoms with E-state index in [1.54, 1.807) is 0 Å². The van der Waals surface area contributed by atoms with Crippen molar-refractivity contribution < 1.29 is 0 Å². The largest absolute Gasteiger partial charge is 0.248 e. The maximum Gasteiger partial charge on any atom is 0.0725 e. The molecule has 0 atom stereocenters. The Morgan fingerprint density at radius 2 is 0.534 bits per heavy atom. The second kappa shape index (κ2) is 17.5. The number of pyridine rings is 1. The standard InChI is InChI=1S/C72H47N/c1-4-18-48(19-5-1)50-34-36-52(37-35-50)59-44-70(54-22-8-3-9-23-54)73-71(45-59)58-27-17-25-56(43-58)55-24-16-26-57(42-55)64-47-69-65(46-63(64)53-40-38-51(39-41-53)49-20-6-2-7-21-49)62-30-12-15-33-68(62)72(69)66-31-13-10-28-60(66)61-29-11-14-32-67(61)72/h1-47H. The van der Waals surface area contributed by atoms with Crippen LogP contribution < -0.4 is 0 Å². The summed E-state index contributed by atoms with van der Waals surface area (Å²) in [6.07, 6.45) is 0. The third kappa shape index (κ3) is 7.12. The van der Waals surface area contributed by atoms with Gasteiger partial charge in [-0.15, -0.1) is 0 Å². The quantitative estimate of drug-likeness (QED) is 0.148. The smallest absolute Gasteiger partial charge is 0.0725 e. The number of nitrogens with zero attached hydrogens (tertiary/aromatic N) is 1. The van der Waals surface area contributed by atoms with Gasteiger partial charge in [-0.3, -0.25) is 0 Å². The molecule has 0 fully saturated rings. The van der Waals surface area contributed by atoms with E-state index in [2.05, 4.69) is 285 Å². The Morgan fingerprint density at radius 3 is 1.07 bits per heavy atom. The highest BCUT2D eigenvalue weighted by atomic mass is 14.7. The lowest BCUT2D eigenvalue weighted by Gasteiger charge is -2.31. The molecule has 340 valence electrons. The Kier molecular flexibility index (Phi) is 10.2. The van der Waals surface area contributed by atoms with Crippen LogP contribution in [0.5, 0.6) is 0 Å². The highest BCUT2D eigenvalue weighted by molar-refractivity contribution is 5.99. The monoisotopic (exact) mass is 925 g/mol. The summed E-state index contributed by atoms with van der Waals surface area (Å²) in [5, 5.41) is 0. The molecule has 14 rings (SSSR count). The minimum Gasteiger partial charge on any atom is -0.248 e. The van der Waals surface area contributed by atoms with Crippen molar-refractivity contribution in [2.75, 3.05) is 0 Å². The molecule has 0 saturated heterocycles. The van der Waals surface area contributed by atoms with E-state index in [1.165, 1.54) is 89.0 Å².